The third kappa shape index (κ3) is 35.3. The van der Waals surface area contributed by atoms with E-state index in [0.717, 1.165) is 96.3 Å². The van der Waals surface area contributed by atoms with Gasteiger partial charge in [0.2, 0.25) is 5.91 Å². The zero-order valence-corrected chi connectivity index (χ0v) is 32.7. The van der Waals surface area contributed by atoms with Crippen LogP contribution in [0.2, 0.25) is 0 Å². The molecule has 51 heavy (non-hydrogen) atoms. The van der Waals surface area contributed by atoms with Gasteiger partial charge < -0.3 is 20.9 Å². The number of carboxylic acids is 1. The number of carbonyl (C=O) groups is 3. The molecular weight excluding hydrogens is 636 g/mol. The van der Waals surface area contributed by atoms with Crippen molar-refractivity contribution in [2.24, 2.45) is 5.73 Å². The van der Waals surface area contributed by atoms with Gasteiger partial charge in [-0.15, -0.1) is 0 Å². The molecule has 0 rings (SSSR count). The summed E-state index contributed by atoms with van der Waals surface area (Å²) in [4.78, 5) is 36.2. The van der Waals surface area contributed by atoms with Gasteiger partial charge in [0.15, 0.2) is 0 Å². The van der Waals surface area contributed by atoms with Gasteiger partial charge in [0, 0.05) is 12.8 Å². The molecule has 292 valence electrons. The second-order valence-electron chi connectivity index (χ2n) is 13.7. The van der Waals surface area contributed by atoms with Crippen molar-refractivity contribution in [2.75, 3.05) is 6.54 Å². The van der Waals surface area contributed by atoms with Gasteiger partial charge in [-0.1, -0.05) is 139 Å². The van der Waals surface area contributed by atoms with Gasteiger partial charge in [0.1, 0.15) is 12.1 Å². The second-order valence-corrected chi connectivity index (χ2v) is 13.7. The van der Waals surface area contributed by atoms with E-state index in [4.69, 9.17) is 10.5 Å². The third-order valence-electron chi connectivity index (χ3n) is 8.85. The van der Waals surface area contributed by atoms with Crippen molar-refractivity contribution < 1.29 is 24.2 Å². The van der Waals surface area contributed by atoms with Crippen molar-refractivity contribution >= 4 is 17.8 Å². The molecule has 7 heteroatoms. The van der Waals surface area contributed by atoms with E-state index in [1.54, 1.807) is 0 Å². The first-order valence-electron chi connectivity index (χ1n) is 20.6. The predicted molar refractivity (Wildman–Crippen MR) is 216 cm³/mol. The average molecular weight is 713 g/mol. The molecule has 0 saturated carbocycles. The van der Waals surface area contributed by atoms with Crippen molar-refractivity contribution in [1.29, 1.82) is 0 Å². The number of hydrogen-bond donors (Lipinski definition) is 3. The molecule has 0 aromatic heterocycles. The maximum atomic E-state index is 12.7. The molecule has 4 N–H and O–H groups in total. The first-order chi connectivity index (χ1) is 24.9. The van der Waals surface area contributed by atoms with Crippen LogP contribution in [0.15, 0.2) is 60.8 Å². The highest BCUT2D eigenvalue weighted by Crippen LogP contribution is 2.18. The van der Waals surface area contributed by atoms with E-state index >= 15 is 0 Å². The number of carbonyl (C=O) groups excluding carboxylic acids is 2. The van der Waals surface area contributed by atoms with Crippen LogP contribution in [0.3, 0.4) is 0 Å². The highest BCUT2D eigenvalue weighted by atomic mass is 16.5. The van der Waals surface area contributed by atoms with E-state index in [9.17, 15) is 19.5 Å². The molecule has 0 aliphatic rings. The smallest absolute Gasteiger partial charge is 0.326 e. The maximum absolute atomic E-state index is 12.7. The zero-order chi connectivity index (χ0) is 37.5. The van der Waals surface area contributed by atoms with Crippen molar-refractivity contribution in [2.45, 2.75) is 193 Å². The molecule has 0 aromatic rings. The van der Waals surface area contributed by atoms with Gasteiger partial charge in [-0.2, -0.15) is 0 Å². The number of ether oxygens (including phenoxy) is 1. The average Bonchev–Trinajstić information content (AvgIpc) is 3.11. The van der Waals surface area contributed by atoms with Gasteiger partial charge >= 0.3 is 11.9 Å². The van der Waals surface area contributed by atoms with Crippen molar-refractivity contribution in [3.8, 4) is 0 Å². The molecule has 0 saturated heterocycles. The van der Waals surface area contributed by atoms with Crippen LogP contribution < -0.4 is 11.1 Å². The van der Waals surface area contributed by atoms with Crippen LogP contribution in [0.4, 0.5) is 0 Å². The fraction of sp³-hybridized carbons (Fsp3) is 0.705. The van der Waals surface area contributed by atoms with Crippen LogP contribution in [0.25, 0.3) is 0 Å². The lowest BCUT2D eigenvalue weighted by Gasteiger charge is -2.18. The Morgan fingerprint density at radius 3 is 1.59 bits per heavy atom. The topological polar surface area (TPSA) is 119 Å². The SMILES string of the molecule is CC/C=C\C/C=C\C/C=C\C/C=C\C/C=C\CCCC(=O)OC(CCCCCCCCCC)CCCCCCCC(=O)NC(CCCN)C(=O)O. The monoisotopic (exact) mass is 713 g/mol. The van der Waals surface area contributed by atoms with E-state index in [0.29, 0.717) is 32.2 Å². The Labute approximate surface area is 312 Å². The number of amides is 1. The fourth-order valence-corrected chi connectivity index (χ4v) is 5.78. The Morgan fingerprint density at radius 2 is 1.08 bits per heavy atom. The number of nitrogens with two attached hydrogens (primary N) is 1. The number of aliphatic carboxylic acids is 1. The summed E-state index contributed by atoms with van der Waals surface area (Å²) < 4.78 is 5.99. The number of rotatable bonds is 36. The highest BCUT2D eigenvalue weighted by Gasteiger charge is 2.19. The molecule has 0 fully saturated rings. The van der Waals surface area contributed by atoms with Gasteiger partial charge in [0.05, 0.1) is 0 Å². The van der Waals surface area contributed by atoms with Crippen LogP contribution in [-0.4, -0.2) is 41.6 Å². The summed E-state index contributed by atoms with van der Waals surface area (Å²) in [6.45, 7) is 4.80. The number of esters is 1. The standard InChI is InChI=1S/C44H76N2O5/c1-3-5-7-9-11-13-14-15-16-17-18-19-20-21-23-28-32-38-43(48)51-40(34-29-25-22-12-10-8-6-4-2)35-30-26-24-27-31-37-42(47)46-41(44(49)50)36-33-39-45/h5,7,11,13,15-16,18-19,21,23,40-41H,3-4,6,8-10,12,14,17,20,22,24-39,45H2,1-2H3,(H,46,47)(H,49,50)/b7-5-,13-11-,16-15-,19-18-,23-21-. The molecule has 0 radical (unpaired) electrons. The lowest BCUT2D eigenvalue weighted by Crippen LogP contribution is -2.40. The second kappa shape index (κ2) is 38.3. The van der Waals surface area contributed by atoms with Gasteiger partial charge in [-0.25, -0.2) is 4.79 Å². The molecule has 0 aliphatic carbocycles. The third-order valence-corrected chi connectivity index (χ3v) is 8.85. The number of carboxylic acid groups (broad SMARTS) is 1. The zero-order valence-electron chi connectivity index (χ0n) is 32.7. The van der Waals surface area contributed by atoms with E-state index in [1.807, 2.05) is 0 Å². The first-order valence-corrected chi connectivity index (χ1v) is 20.6. The highest BCUT2D eigenvalue weighted by molar-refractivity contribution is 5.83. The van der Waals surface area contributed by atoms with E-state index in [-0.39, 0.29) is 18.0 Å². The minimum Gasteiger partial charge on any atom is -0.480 e. The van der Waals surface area contributed by atoms with Crippen LogP contribution in [0.5, 0.6) is 0 Å². The lowest BCUT2D eigenvalue weighted by molar-refractivity contribution is -0.150. The van der Waals surface area contributed by atoms with Crippen LogP contribution in [-0.2, 0) is 19.1 Å². The van der Waals surface area contributed by atoms with Crippen LogP contribution in [0, 0.1) is 0 Å². The maximum Gasteiger partial charge on any atom is 0.326 e. The Hall–Kier alpha value is -2.93. The normalized spacial score (nSPS) is 13.3. The van der Waals surface area contributed by atoms with Crippen molar-refractivity contribution in [3.05, 3.63) is 60.8 Å². The molecule has 7 nitrogen and oxygen atoms in total. The van der Waals surface area contributed by atoms with E-state index in [2.05, 4.69) is 79.9 Å². The summed E-state index contributed by atoms with van der Waals surface area (Å²) in [6.07, 6.45) is 46.9. The molecule has 1 amide bonds. The van der Waals surface area contributed by atoms with Crippen LogP contribution >= 0.6 is 0 Å². The Kier molecular flexibility index (Phi) is 36.1. The fourth-order valence-electron chi connectivity index (χ4n) is 5.78. The molecule has 0 heterocycles. The summed E-state index contributed by atoms with van der Waals surface area (Å²) in [6, 6.07) is -0.861. The molecule has 0 bridgehead atoms. The molecule has 0 aromatic carbocycles. The summed E-state index contributed by atoms with van der Waals surface area (Å²) in [5.74, 6) is -1.30. The van der Waals surface area contributed by atoms with E-state index in [1.165, 1.54) is 44.9 Å². The summed E-state index contributed by atoms with van der Waals surface area (Å²) in [5, 5.41) is 11.9. The summed E-state index contributed by atoms with van der Waals surface area (Å²) in [7, 11) is 0. The number of unbranched alkanes of at least 4 members (excludes halogenated alkanes) is 12. The Balaban J connectivity index is 4.35. The quantitative estimate of drug-likeness (QED) is 0.0338. The molecule has 0 spiro atoms. The van der Waals surface area contributed by atoms with Gasteiger partial charge in [-0.05, 0) is 96.4 Å². The number of hydrogen-bond acceptors (Lipinski definition) is 5. The molecule has 2 unspecified atom stereocenters. The van der Waals surface area contributed by atoms with Gasteiger partial charge in [-0.3, -0.25) is 9.59 Å². The van der Waals surface area contributed by atoms with Crippen LogP contribution in [0.1, 0.15) is 181 Å². The summed E-state index contributed by atoms with van der Waals surface area (Å²) >= 11 is 0. The Bertz CT molecular complexity index is 984. The lowest BCUT2D eigenvalue weighted by atomic mass is 10.0. The first kappa shape index (κ1) is 48.1. The minimum atomic E-state index is -1.01. The van der Waals surface area contributed by atoms with Gasteiger partial charge in [0.25, 0.3) is 0 Å². The number of allylic oxidation sites excluding steroid dienone is 10. The molecular formula is C44H76N2O5. The Morgan fingerprint density at radius 1 is 0.588 bits per heavy atom. The largest absolute Gasteiger partial charge is 0.480 e. The summed E-state index contributed by atoms with van der Waals surface area (Å²) in [5.41, 5.74) is 5.47. The van der Waals surface area contributed by atoms with Crippen molar-refractivity contribution in [1.82, 2.24) is 5.32 Å². The molecule has 0 aliphatic heterocycles. The predicted octanol–water partition coefficient (Wildman–Crippen LogP) is 11.4. The molecule has 2 atom stereocenters. The minimum absolute atomic E-state index is 0.0152. The van der Waals surface area contributed by atoms with Crippen molar-refractivity contribution in [3.63, 3.8) is 0 Å². The number of nitrogens with one attached hydrogen (secondary N) is 1. The van der Waals surface area contributed by atoms with E-state index < -0.39 is 12.0 Å².